The van der Waals surface area contributed by atoms with Gasteiger partial charge in [0.1, 0.15) is 5.75 Å². The second kappa shape index (κ2) is 7.79. The number of benzene rings is 1. The van der Waals surface area contributed by atoms with Gasteiger partial charge in [0.25, 0.3) is 0 Å². The number of aromatic hydroxyl groups is 1. The maximum absolute atomic E-state index is 12.0. The molecule has 2 amide bonds. The van der Waals surface area contributed by atoms with Crippen molar-refractivity contribution in [2.75, 3.05) is 6.61 Å². The zero-order valence-electron chi connectivity index (χ0n) is 14.2. The summed E-state index contributed by atoms with van der Waals surface area (Å²) in [7, 11) is 0. The highest BCUT2D eigenvalue weighted by Gasteiger charge is 2.33. The van der Waals surface area contributed by atoms with Crippen LogP contribution in [0.1, 0.15) is 57.1 Å². The number of hydrogen-bond acceptors (Lipinski definition) is 3. The summed E-state index contributed by atoms with van der Waals surface area (Å²) in [5, 5.41) is 12.7. The molecule has 1 heterocycles. The van der Waals surface area contributed by atoms with E-state index in [1.807, 2.05) is 13.0 Å². The molecule has 0 saturated heterocycles. The Morgan fingerprint density at radius 1 is 1.29 bits per heavy atom. The summed E-state index contributed by atoms with van der Waals surface area (Å²) in [6.45, 7) is 2.57. The first-order valence-corrected chi connectivity index (χ1v) is 8.96. The fraction of sp³-hybridized carbons (Fsp3) is 0.579. The van der Waals surface area contributed by atoms with Crippen molar-refractivity contribution in [1.29, 1.82) is 0 Å². The van der Waals surface area contributed by atoms with Gasteiger partial charge in [0.05, 0.1) is 18.8 Å². The van der Waals surface area contributed by atoms with Crippen molar-refractivity contribution in [2.45, 2.75) is 57.6 Å². The number of ether oxygens (including phenoxy) is 1. The molecule has 1 aromatic rings. The van der Waals surface area contributed by atoms with Crippen LogP contribution in [-0.4, -0.2) is 29.6 Å². The van der Waals surface area contributed by atoms with Crippen molar-refractivity contribution in [2.24, 2.45) is 10.9 Å². The second-order valence-corrected chi connectivity index (χ2v) is 6.68. The van der Waals surface area contributed by atoms with E-state index in [0.717, 1.165) is 30.5 Å². The molecule has 130 valence electrons. The molecule has 1 fully saturated rings. The van der Waals surface area contributed by atoms with Crippen LogP contribution in [0.25, 0.3) is 0 Å². The summed E-state index contributed by atoms with van der Waals surface area (Å²) in [5.41, 5.74) is 1.77. The van der Waals surface area contributed by atoms with Crippen LogP contribution in [0.3, 0.4) is 0 Å². The first kappa shape index (κ1) is 17.0. The maximum Gasteiger partial charge on any atom is 0.341 e. The topological polar surface area (TPSA) is 70.9 Å². The van der Waals surface area contributed by atoms with Crippen LogP contribution in [0.4, 0.5) is 4.79 Å². The minimum absolute atomic E-state index is 0.0106. The molecule has 0 spiro atoms. The van der Waals surface area contributed by atoms with E-state index >= 15 is 0 Å². The van der Waals surface area contributed by atoms with Gasteiger partial charge in [-0.3, -0.25) is 0 Å². The van der Waals surface area contributed by atoms with Crippen LogP contribution in [0, 0.1) is 5.92 Å². The molecule has 1 aliphatic carbocycles. The molecule has 0 radical (unpaired) electrons. The highest BCUT2D eigenvalue weighted by molar-refractivity contribution is 5.99. The lowest BCUT2D eigenvalue weighted by molar-refractivity contribution is 0.0125. The molecule has 0 bridgehead atoms. The summed E-state index contributed by atoms with van der Waals surface area (Å²) in [4.78, 5) is 16.1. The number of carbonyl (C=O) groups is 1. The largest absolute Gasteiger partial charge is 0.508 e. The lowest BCUT2D eigenvalue weighted by atomic mass is 9.87. The number of aliphatic imine (C=N–C) groups is 1. The van der Waals surface area contributed by atoms with Crippen molar-refractivity contribution in [3.05, 3.63) is 29.8 Å². The van der Waals surface area contributed by atoms with Crippen molar-refractivity contribution in [3.63, 3.8) is 0 Å². The maximum atomic E-state index is 12.0. The molecule has 1 aliphatic heterocycles. The first-order chi connectivity index (χ1) is 11.7. The zero-order valence-corrected chi connectivity index (χ0v) is 14.2. The van der Waals surface area contributed by atoms with Crippen molar-refractivity contribution in [3.8, 4) is 5.75 Å². The quantitative estimate of drug-likeness (QED) is 0.858. The molecule has 24 heavy (non-hydrogen) atoms. The molecule has 5 nitrogen and oxygen atoms in total. The molecular weight excluding hydrogens is 304 g/mol. The Balaban J connectivity index is 1.78. The van der Waals surface area contributed by atoms with Crippen LogP contribution in [0.15, 0.2) is 29.3 Å². The molecule has 0 aromatic heterocycles. The number of urea groups is 1. The average Bonchev–Trinajstić information content (AvgIpc) is 2.60. The van der Waals surface area contributed by atoms with Gasteiger partial charge >= 0.3 is 6.03 Å². The van der Waals surface area contributed by atoms with Crippen LogP contribution < -0.4 is 5.32 Å². The van der Waals surface area contributed by atoms with Crippen LogP contribution in [0.2, 0.25) is 0 Å². The lowest BCUT2D eigenvalue weighted by Gasteiger charge is -2.33. The standard InChI is InChI=1S/C19H26N2O3/c1-2-17-16(12-24-15-9-4-3-5-10-15)18(21-19(23)20-17)13-7-6-8-14(22)11-13/h6-8,11,15-16,18,22H,2-5,9-10,12H2,1H3,(H,21,23). The van der Waals surface area contributed by atoms with Gasteiger partial charge in [-0.2, -0.15) is 0 Å². The fourth-order valence-corrected chi connectivity index (χ4v) is 3.71. The third-order valence-corrected chi connectivity index (χ3v) is 5.01. The van der Waals surface area contributed by atoms with E-state index in [1.54, 1.807) is 18.2 Å². The van der Waals surface area contributed by atoms with E-state index in [-0.39, 0.29) is 23.7 Å². The van der Waals surface area contributed by atoms with Gasteiger partial charge in [-0.25, -0.2) is 9.79 Å². The fourth-order valence-electron chi connectivity index (χ4n) is 3.71. The predicted molar refractivity (Wildman–Crippen MR) is 93.4 cm³/mol. The SMILES string of the molecule is CCC1=NC(=O)NC(c2cccc(O)c2)C1COC1CCCCC1. The van der Waals surface area contributed by atoms with E-state index in [2.05, 4.69) is 10.3 Å². The smallest absolute Gasteiger partial charge is 0.341 e. The number of phenols is 1. The van der Waals surface area contributed by atoms with Crippen LogP contribution in [0.5, 0.6) is 5.75 Å². The van der Waals surface area contributed by atoms with Gasteiger partial charge in [0, 0.05) is 11.6 Å². The summed E-state index contributed by atoms with van der Waals surface area (Å²) in [6, 6.07) is 6.55. The van der Waals surface area contributed by atoms with Crippen molar-refractivity contribution in [1.82, 2.24) is 5.32 Å². The monoisotopic (exact) mass is 330 g/mol. The minimum Gasteiger partial charge on any atom is -0.508 e. The first-order valence-electron chi connectivity index (χ1n) is 8.96. The van der Waals surface area contributed by atoms with E-state index in [9.17, 15) is 9.90 Å². The van der Waals surface area contributed by atoms with Gasteiger partial charge < -0.3 is 15.2 Å². The Labute approximate surface area is 143 Å². The molecule has 2 atom stereocenters. The zero-order chi connectivity index (χ0) is 16.9. The highest BCUT2D eigenvalue weighted by Crippen LogP contribution is 2.31. The lowest BCUT2D eigenvalue weighted by Crippen LogP contribution is -2.43. The number of nitrogens with one attached hydrogen (secondary N) is 1. The molecule has 1 saturated carbocycles. The van der Waals surface area contributed by atoms with Gasteiger partial charge in [-0.15, -0.1) is 0 Å². The molecule has 2 aliphatic rings. The van der Waals surface area contributed by atoms with Gasteiger partial charge in [0.2, 0.25) is 0 Å². The third-order valence-electron chi connectivity index (χ3n) is 5.01. The Bertz CT molecular complexity index is 608. The number of rotatable bonds is 5. The van der Waals surface area contributed by atoms with Gasteiger partial charge in [0.15, 0.2) is 0 Å². The van der Waals surface area contributed by atoms with E-state index in [4.69, 9.17) is 4.74 Å². The second-order valence-electron chi connectivity index (χ2n) is 6.68. The van der Waals surface area contributed by atoms with E-state index < -0.39 is 0 Å². The number of nitrogens with zero attached hydrogens (tertiary/aromatic N) is 1. The molecule has 3 rings (SSSR count). The summed E-state index contributed by atoms with van der Waals surface area (Å²) >= 11 is 0. The molecule has 2 N–H and O–H groups in total. The Morgan fingerprint density at radius 2 is 2.08 bits per heavy atom. The number of carbonyl (C=O) groups excluding carboxylic acids is 1. The van der Waals surface area contributed by atoms with E-state index in [1.165, 1.54) is 19.3 Å². The molecule has 1 aromatic carbocycles. The molecule has 5 heteroatoms. The number of hydrogen-bond donors (Lipinski definition) is 2. The number of amides is 2. The van der Waals surface area contributed by atoms with Crippen LogP contribution in [-0.2, 0) is 4.74 Å². The summed E-state index contributed by atoms with van der Waals surface area (Å²) in [5.74, 6) is 0.214. The minimum atomic E-state index is -0.311. The Morgan fingerprint density at radius 3 is 2.79 bits per heavy atom. The van der Waals surface area contributed by atoms with Gasteiger partial charge in [-0.05, 0) is 37.0 Å². The normalized spacial score (nSPS) is 25.2. The van der Waals surface area contributed by atoms with Crippen molar-refractivity contribution >= 4 is 11.7 Å². The van der Waals surface area contributed by atoms with Crippen molar-refractivity contribution < 1.29 is 14.6 Å². The number of phenolic OH excluding ortho intramolecular Hbond substituents is 1. The Kier molecular flexibility index (Phi) is 5.51. The van der Waals surface area contributed by atoms with E-state index in [0.29, 0.717) is 12.7 Å². The average molecular weight is 330 g/mol. The Hall–Kier alpha value is -1.88. The summed E-state index contributed by atoms with van der Waals surface area (Å²) in [6.07, 6.45) is 7.05. The van der Waals surface area contributed by atoms with Gasteiger partial charge in [-0.1, -0.05) is 38.3 Å². The predicted octanol–water partition coefficient (Wildman–Crippen LogP) is 3.97. The highest BCUT2D eigenvalue weighted by atomic mass is 16.5. The third kappa shape index (κ3) is 3.96. The summed E-state index contributed by atoms with van der Waals surface area (Å²) < 4.78 is 6.18. The molecular formula is C19H26N2O3. The molecule has 2 unspecified atom stereocenters. The van der Waals surface area contributed by atoms with Crippen LogP contribution >= 0.6 is 0 Å².